The van der Waals surface area contributed by atoms with Crippen LogP contribution in [0.4, 0.5) is 0 Å². The van der Waals surface area contributed by atoms with Crippen LogP contribution in [0.3, 0.4) is 0 Å². The van der Waals surface area contributed by atoms with E-state index in [0.29, 0.717) is 0 Å². The summed E-state index contributed by atoms with van der Waals surface area (Å²) < 4.78 is 14.5. The van der Waals surface area contributed by atoms with Crippen LogP contribution in [0.5, 0.6) is 0 Å². The third kappa shape index (κ3) is 8.25. The summed E-state index contributed by atoms with van der Waals surface area (Å²) in [5.41, 5.74) is 2.73. The maximum absolute atomic E-state index is 6.66. The first-order valence-corrected chi connectivity index (χ1v) is 17.7. The van der Waals surface area contributed by atoms with Gasteiger partial charge in [0.25, 0.3) is 0 Å². The molecule has 1 aromatic rings. The van der Waals surface area contributed by atoms with Gasteiger partial charge in [-0.25, -0.2) is 0 Å². The van der Waals surface area contributed by atoms with E-state index in [1.165, 1.54) is 51.9 Å². The molecule has 29 heavy (non-hydrogen) atoms. The van der Waals surface area contributed by atoms with Gasteiger partial charge in [-0.3, -0.25) is 0 Å². The summed E-state index contributed by atoms with van der Waals surface area (Å²) in [4.78, 5) is 0. The van der Waals surface area contributed by atoms with Crippen molar-refractivity contribution in [1.82, 2.24) is 0 Å². The lowest BCUT2D eigenvalue weighted by molar-refractivity contribution is 0.205. The van der Waals surface area contributed by atoms with Crippen LogP contribution in [0.1, 0.15) is 66.5 Å². The van der Waals surface area contributed by atoms with Gasteiger partial charge in [0, 0.05) is 16.7 Å². The molecule has 0 aliphatic carbocycles. The Morgan fingerprint density at radius 2 is 0.966 bits per heavy atom. The van der Waals surface area contributed by atoms with E-state index in [4.69, 9.17) is 8.85 Å². The molecule has 0 saturated carbocycles. The standard InChI is InChI=1S/C24H45BrO2Si2/c1-9-28(10-2,11-3)26-20(7)15-22-17-23(19-24(25)18-22)16-21(8)27-29(12-4,13-5)14-6/h17-21H,9-16H2,1-8H3. The maximum atomic E-state index is 6.66. The van der Waals surface area contributed by atoms with Crippen LogP contribution >= 0.6 is 15.9 Å². The van der Waals surface area contributed by atoms with Crippen LogP contribution in [0.15, 0.2) is 22.7 Å². The van der Waals surface area contributed by atoms with Gasteiger partial charge in [-0.1, -0.05) is 63.5 Å². The molecule has 0 heterocycles. The molecule has 1 rings (SSSR count). The van der Waals surface area contributed by atoms with Gasteiger partial charge in [-0.05, 0) is 86.2 Å². The molecule has 0 bridgehead atoms. The molecule has 168 valence electrons. The van der Waals surface area contributed by atoms with Crippen molar-refractivity contribution in [3.63, 3.8) is 0 Å². The van der Waals surface area contributed by atoms with Crippen molar-refractivity contribution in [3.05, 3.63) is 33.8 Å². The summed E-state index contributed by atoms with van der Waals surface area (Å²) in [7, 11) is -3.11. The molecule has 2 nitrogen and oxygen atoms in total. The first-order chi connectivity index (χ1) is 13.7. The molecule has 2 atom stereocenters. The minimum atomic E-state index is -1.55. The van der Waals surface area contributed by atoms with E-state index in [2.05, 4.69) is 89.5 Å². The number of rotatable bonds is 14. The van der Waals surface area contributed by atoms with Crippen LogP contribution in [-0.4, -0.2) is 28.8 Å². The molecule has 0 aliphatic heterocycles. The van der Waals surface area contributed by atoms with Crippen molar-refractivity contribution < 1.29 is 8.85 Å². The van der Waals surface area contributed by atoms with E-state index < -0.39 is 16.6 Å². The summed E-state index contributed by atoms with van der Waals surface area (Å²) in [6, 6.07) is 14.1. The third-order valence-electron chi connectivity index (χ3n) is 6.83. The van der Waals surface area contributed by atoms with Gasteiger partial charge in [0.2, 0.25) is 0 Å². The Hall–Kier alpha value is 0.0538. The maximum Gasteiger partial charge on any atom is 0.192 e. The van der Waals surface area contributed by atoms with Crippen molar-refractivity contribution in [2.24, 2.45) is 0 Å². The van der Waals surface area contributed by atoms with E-state index in [1.807, 2.05) is 0 Å². The lowest BCUT2D eigenvalue weighted by Crippen LogP contribution is -2.39. The molecule has 5 heteroatoms. The van der Waals surface area contributed by atoms with E-state index in [1.54, 1.807) is 0 Å². The van der Waals surface area contributed by atoms with E-state index in [9.17, 15) is 0 Å². The molecular formula is C24H45BrO2Si2. The molecule has 0 aliphatic rings. The van der Waals surface area contributed by atoms with Crippen LogP contribution in [0.25, 0.3) is 0 Å². The van der Waals surface area contributed by atoms with Crippen molar-refractivity contribution >= 4 is 32.6 Å². The first-order valence-electron chi connectivity index (χ1n) is 11.8. The highest BCUT2D eigenvalue weighted by Crippen LogP contribution is 2.27. The molecule has 0 spiro atoms. The van der Waals surface area contributed by atoms with Gasteiger partial charge >= 0.3 is 0 Å². The smallest absolute Gasteiger partial charge is 0.192 e. The van der Waals surface area contributed by atoms with Gasteiger partial charge in [0.15, 0.2) is 16.6 Å². The largest absolute Gasteiger partial charge is 0.414 e. The van der Waals surface area contributed by atoms with E-state index in [-0.39, 0.29) is 12.2 Å². The predicted molar refractivity (Wildman–Crippen MR) is 137 cm³/mol. The Balaban J connectivity index is 2.85. The molecule has 0 amide bonds. The minimum Gasteiger partial charge on any atom is -0.414 e. The molecule has 0 fully saturated rings. The fraction of sp³-hybridized carbons (Fsp3) is 0.750. The summed E-state index contributed by atoms with van der Waals surface area (Å²) in [6.07, 6.45) is 2.51. The summed E-state index contributed by atoms with van der Waals surface area (Å²) in [5.74, 6) is 0. The van der Waals surface area contributed by atoms with Gasteiger partial charge in [-0.15, -0.1) is 0 Å². The number of halogens is 1. The Kier molecular flexibility index (Phi) is 12.0. The molecule has 1 aromatic carbocycles. The number of benzene rings is 1. The Bertz CT molecular complexity index is 536. The van der Waals surface area contributed by atoms with Crippen LogP contribution in [-0.2, 0) is 21.7 Å². The average molecular weight is 502 g/mol. The third-order valence-corrected chi connectivity index (χ3v) is 16.8. The van der Waals surface area contributed by atoms with Gasteiger partial charge < -0.3 is 8.85 Å². The Morgan fingerprint density at radius 3 is 1.24 bits per heavy atom. The van der Waals surface area contributed by atoms with Crippen molar-refractivity contribution in [3.8, 4) is 0 Å². The fourth-order valence-corrected chi connectivity index (χ4v) is 11.0. The average Bonchev–Trinajstić information content (AvgIpc) is 2.70. The molecule has 0 N–H and O–H groups in total. The van der Waals surface area contributed by atoms with Gasteiger partial charge in [0.05, 0.1) is 0 Å². The van der Waals surface area contributed by atoms with Crippen molar-refractivity contribution in [2.75, 3.05) is 0 Å². The highest BCUT2D eigenvalue weighted by atomic mass is 79.9. The summed E-state index contributed by atoms with van der Waals surface area (Å²) in [5, 5.41) is 0. The summed E-state index contributed by atoms with van der Waals surface area (Å²) >= 11 is 3.73. The highest BCUT2D eigenvalue weighted by Gasteiger charge is 2.31. The van der Waals surface area contributed by atoms with E-state index in [0.717, 1.165) is 12.8 Å². The topological polar surface area (TPSA) is 18.5 Å². The van der Waals surface area contributed by atoms with Crippen LogP contribution in [0.2, 0.25) is 36.3 Å². The Labute approximate surface area is 191 Å². The summed E-state index contributed by atoms with van der Waals surface area (Å²) in [6.45, 7) is 18.3. The van der Waals surface area contributed by atoms with E-state index >= 15 is 0 Å². The zero-order valence-corrected chi connectivity index (χ0v) is 23.8. The zero-order chi connectivity index (χ0) is 22.1. The quantitative estimate of drug-likeness (QED) is 0.238. The predicted octanol–water partition coefficient (Wildman–Crippen LogP) is 8.35. The molecule has 2 unspecified atom stereocenters. The first kappa shape index (κ1) is 27.1. The SMILES string of the molecule is CC[Si](CC)(CC)OC(C)Cc1cc(Br)cc(CC(C)O[Si](CC)(CC)CC)c1. The lowest BCUT2D eigenvalue weighted by Gasteiger charge is -2.32. The fourth-order valence-electron chi connectivity index (χ4n) is 4.55. The van der Waals surface area contributed by atoms with Crippen LogP contribution in [0, 0.1) is 0 Å². The number of hydrogen-bond acceptors (Lipinski definition) is 2. The molecule has 0 aromatic heterocycles. The molecule has 0 radical (unpaired) electrons. The monoisotopic (exact) mass is 500 g/mol. The second kappa shape index (κ2) is 12.8. The van der Waals surface area contributed by atoms with Gasteiger partial charge in [-0.2, -0.15) is 0 Å². The second-order valence-electron chi connectivity index (χ2n) is 8.72. The zero-order valence-electron chi connectivity index (χ0n) is 20.2. The molecular weight excluding hydrogens is 456 g/mol. The highest BCUT2D eigenvalue weighted by molar-refractivity contribution is 9.10. The lowest BCUT2D eigenvalue weighted by atomic mass is 10.0. The van der Waals surface area contributed by atoms with Crippen LogP contribution < -0.4 is 0 Å². The second-order valence-corrected chi connectivity index (χ2v) is 19.1. The van der Waals surface area contributed by atoms with Gasteiger partial charge in [0.1, 0.15) is 0 Å². The van der Waals surface area contributed by atoms with Crippen molar-refractivity contribution in [2.45, 2.75) is 117 Å². The number of hydrogen-bond donors (Lipinski definition) is 0. The van der Waals surface area contributed by atoms with Crippen molar-refractivity contribution in [1.29, 1.82) is 0 Å². The Morgan fingerprint density at radius 1 is 0.655 bits per heavy atom. The normalized spacial score (nSPS) is 14.8. The molecule has 0 saturated heterocycles. The minimum absolute atomic E-state index is 0.276.